The van der Waals surface area contributed by atoms with Crippen LogP contribution in [-0.4, -0.2) is 32.6 Å². The predicted molar refractivity (Wildman–Crippen MR) is 82.6 cm³/mol. The van der Waals surface area contributed by atoms with Gasteiger partial charge in [-0.05, 0) is 37.9 Å². The molecule has 1 atom stereocenters. The molecular formula is C17H22FN3O. The van der Waals surface area contributed by atoms with E-state index in [0.717, 1.165) is 37.3 Å². The number of hydrogen-bond donors (Lipinski definition) is 1. The summed E-state index contributed by atoms with van der Waals surface area (Å²) in [6.45, 7) is 2.39. The third-order valence-electron chi connectivity index (χ3n) is 4.55. The van der Waals surface area contributed by atoms with E-state index in [2.05, 4.69) is 9.88 Å². The fourth-order valence-corrected chi connectivity index (χ4v) is 3.17. The smallest absolute Gasteiger partial charge is 0.137 e. The normalized spacial score (nSPS) is 18.5. The molecule has 0 aliphatic carbocycles. The molecule has 0 amide bonds. The summed E-state index contributed by atoms with van der Waals surface area (Å²) < 4.78 is 15.6. The SMILES string of the molecule is Cn1ccnc1C(O)C1CCN(Cc2ccccc2F)CC1. The second-order valence-electron chi connectivity index (χ2n) is 6.05. The molecule has 0 saturated carbocycles. The van der Waals surface area contributed by atoms with Crippen LogP contribution >= 0.6 is 0 Å². The summed E-state index contributed by atoms with van der Waals surface area (Å²) in [5.74, 6) is 0.809. The standard InChI is InChI=1S/C17H22FN3O/c1-20-11-8-19-17(20)16(22)13-6-9-21(10-7-13)12-14-4-2-3-5-15(14)18/h2-5,8,11,13,16,22H,6-7,9-10,12H2,1H3. The summed E-state index contributed by atoms with van der Waals surface area (Å²) in [5, 5.41) is 10.5. The van der Waals surface area contributed by atoms with E-state index < -0.39 is 6.10 Å². The van der Waals surface area contributed by atoms with E-state index in [1.807, 2.05) is 29.9 Å². The number of nitrogens with zero attached hydrogens (tertiary/aromatic N) is 3. The number of benzene rings is 1. The zero-order valence-corrected chi connectivity index (χ0v) is 12.8. The van der Waals surface area contributed by atoms with Crippen molar-refractivity contribution in [2.24, 2.45) is 13.0 Å². The van der Waals surface area contributed by atoms with E-state index in [4.69, 9.17) is 0 Å². The summed E-state index contributed by atoms with van der Waals surface area (Å²) in [7, 11) is 1.90. The van der Waals surface area contributed by atoms with Crippen LogP contribution in [0, 0.1) is 11.7 Å². The molecule has 1 fully saturated rings. The molecule has 1 aliphatic rings. The Balaban J connectivity index is 1.57. The Labute approximate surface area is 130 Å². The van der Waals surface area contributed by atoms with E-state index >= 15 is 0 Å². The van der Waals surface area contributed by atoms with Gasteiger partial charge in [-0.1, -0.05) is 18.2 Å². The van der Waals surface area contributed by atoms with Crippen molar-refractivity contribution in [2.75, 3.05) is 13.1 Å². The summed E-state index contributed by atoms with van der Waals surface area (Å²) in [5.41, 5.74) is 0.741. The fraction of sp³-hybridized carbons (Fsp3) is 0.471. The van der Waals surface area contributed by atoms with Crippen LogP contribution < -0.4 is 0 Å². The molecule has 1 aromatic carbocycles. The Morgan fingerprint density at radius 1 is 1.32 bits per heavy atom. The Morgan fingerprint density at radius 3 is 2.68 bits per heavy atom. The quantitative estimate of drug-likeness (QED) is 0.943. The second kappa shape index (κ2) is 6.58. The Morgan fingerprint density at radius 2 is 2.05 bits per heavy atom. The molecule has 2 aromatic rings. The van der Waals surface area contributed by atoms with Crippen molar-refractivity contribution in [3.8, 4) is 0 Å². The van der Waals surface area contributed by atoms with Crippen molar-refractivity contribution < 1.29 is 9.50 Å². The number of aliphatic hydroxyl groups excluding tert-OH is 1. The minimum Gasteiger partial charge on any atom is -0.385 e. The lowest BCUT2D eigenvalue weighted by molar-refractivity contribution is 0.0489. The number of aryl methyl sites for hydroxylation is 1. The Hall–Kier alpha value is -1.72. The number of rotatable bonds is 4. The van der Waals surface area contributed by atoms with Crippen LogP contribution in [0.15, 0.2) is 36.7 Å². The number of halogens is 1. The van der Waals surface area contributed by atoms with Crippen LogP contribution in [0.25, 0.3) is 0 Å². The third-order valence-corrected chi connectivity index (χ3v) is 4.55. The van der Waals surface area contributed by atoms with Crippen LogP contribution in [0.4, 0.5) is 4.39 Å². The van der Waals surface area contributed by atoms with Gasteiger partial charge in [-0.2, -0.15) is 0 Å². The van der Waals surface area contributed by atoms with Crippen molar-refractivity contribution >= 4 is 0 Å². The van der Waals surface area contributed by atoms with Gasteiger partial charge in [0.1, 0.15) is 17.7 Å². The highest BCUT2D eigenvalue weighted by Gasteiger charge is 2.28. The summed E-state index contributed by atoms with van der Waals surface area (Å²) in [4.78, 5) is 6.49. The van der Waals surface area contributed by atoms with Gasteiger partial charge in [-0.3, -0.25) is 4.90 Å². The first kappa shape index (κ1) is 15.2. The molecule has 1 N–H and O–H groups in total. The molecule has 0 spiro atoms. The number of piperidine rings is 1. The number of aliphatic hydroxyl groups is 1. The van der Waals surface area contributed by atoms with Crippen LogP contribution in [0.2, 0.25) is 0 Å². The third kappa shape index (κ3) is 3.20. The predicted octanol–water partition coefficient (Wildman–Crippen LogP) is 2.50. The van der Waals surface area contributed by atoms with E-state index in [1.54, 1.807) is 12.3 Å². The molecule has 1 aromatic heterocycles. The molecule has 118 valence electrons. The maximum atomic E-state index is 13.7. The largest absolute Gasteiger partial charge is 0.385 e. The first-order valence-corrected chi connectivity index (χ1v) is 7.76. The van der Waals surface area contributed by atoms with Crippen molar-refractivity contribution in [3.05, 3.63) is 53.9 Å². The van der Waals surface area contributed by atoms with Gasteiger partial charge in [0.05, 0.1) is 0 Å². The van der Waals surface area contributed by atoms with Gasteiger partial charge >= 0.3 is 0 Å². The van der Waals surface area contributed by atoms with E-state index in [-0.39, 0.29) is 11.7 Å². The lowest BCUT2D eigenvalue weighted by Gasteiger charge is -2.34. The Kier molecular flexibility index (Phi) is 4.55. The molecule has 5 heteroatoms. The molecule has 3 rings (SSSR count). The topological polar surface area (TPSA) is 41.3 Å². The molecule has 0 bridgehead atoms. The maximum absolute atomic E-state index is 13.7. The molecule has 1 unspecified atom stereocenters. The monoisotopic (exact) mass is 303 g/mol. The first-order valence-electron chi connectivity index (χ1n) is 7.76. The van der Waals surface area contributed by atoms with E-state index in [0.29, 0.717) is 6.54 Å². The summed E-state index contributed by atoms with van der Waals surface area (Å²) >= 11 is 0. The van der Waals surface area contributed by atoms with Gasteiger partial charge in [0.2, 0.25) is 0 Å². The average molecular weight is 303 g/mol. The van der Waals surface area contributed by atoms with Gasteiger partial charge in [0, 0.05) is 31.5 Å². The number of imidazole rings is 1. The van der Waals surface area contributed by atoms with Gasteiger partial charge < -0.3 is 9.67 Å². The van der Waals surface area contributed by atoms with E-state index in [9.17, 15) is 9.50 Å². The average Bonchev–Trinajstić information content (AvgIpc) is 2.96. The lowest BCUT2D eigenvalue weighted by atomic mass is 9.90. The fourth-order valence-electron chi connectivity index (χ4n) is 3.17. The zero-order valence-electron chi connectivity index (χ0n) is 12.8. The molecule has 4 nitrogen and oxygen atoms in total. The summed E-state index contributed by atoms with van der Waals surface area (Å²) in [6.07, 6.45) is 4.86. The number of aromatic nitrogens is 2. The van der Waals surface area contributed by atoms with Gasteiger partial charge in [0.25, 0.3) is 0 Å². The summed E-state index contributed by atoms with van der Waals surface area (Å²) in [6, 6.07) is 6.93. The highest BCUT2D eigenvalue weighted by Crippen LogP contribution is 2.30. The first-order chi connectivity index (χ1) is 10.6. The van der Waals surface area contributed by atoms with Crippen LogP contribution in [-0.2, 0) is 13.6 Å². The van der Waals surface area contributed by atoms with Crippen molar-refractivity contribution in [1.82, 2.24) is 14.5 Å². The molecular weight excluding hydrogens is 281 g/mol. The highest BCUT2D eigenvalue weighted by atomic mass is 19.1. The lowest BCUT2D eigenvalue weighted by Crippen LogP contribution is -2.35. The zero-order chi connectivity index (χ0) is 15.5. The van der Waals surface area contributed by atoms with Gasteiger partial charge in [-0.15, -0.1) is 0 Å². The van der Waals surface area contributed by atoms with Gasteiger partial charge in [0.15, 0.2) is 0 Å². The molecule has 1 saturated heterocycles. The molecule has 2 heterocycles. The molecule has 0 radical (unpaired) electrons. The van der Waals surface area contributed by atoms with Crippen molar-refractivity contribution in [2.45, 2.75) is 25.5 Å². The number of likely N-dealkylation sites (tertiary alicyclic amines) is 1. The molecule has 22 heavy (non-hydrogen) atoms. The van der Waals surface area contributed by atoms with Crippen LogP contribution in [0.3, 0.4) is 0 Å². The minimum absolute atomic E-state index is 0.141. The molecule has 1 aliphatic heterocycles. The van der Waals surface area contributed by atoms with Crippen molar-refractivity contribution in [3.63, 3.8) is 0 Å². The van der Waals surface area contributed by atoms with E-state index in [1.165, 1.54) is 6.07 Å². The van der Waals surface area contributed by atoms with Gasteiger partial charge in [-0.25, -0.2) is 9.37 Å². The van der Waals surface area contributed by atoms with Crippen LogP contribution in [0.5, 0.6) is 0 Å². The second-order valence-corrected chi connectivity index (χ2v) is 6.05. The Bertz CT molecular complexity index is 620. The van der Waals surface area contributed by atoms with Crippen LogP contribution in [0.1, 0.15) is 30.3 Å². The number of hydrogen-bond acceptors (Lipinski definition) is 3. The minimum atomic E-state index is -0.518. The maximum Gasteiger partial charge on any atom is 0.137 e. The van der Waals surface area contributed by atoms with Crippen molar-refractivity contribution in [1.29, 1.82) is 0 Å². The highest BCUT2D eigenvalue weighted by molar-refractivity contribution is 5.17.